The highest BCUT2D eigenvalue weighted by Crippen LogP contribution is 2.71. The van der Waals surface area contributed by atoms with Crippen LogP contribution in [0.1, 0.15) is 48.1 Å². The van der Waals surface area contributed by atoms with Crippen LogP contribution in [0.2, 0.25) is 5.02 Å². The van der Waals surface area contributed by atoms with Crippen molar-refractivity contribution < 1.29 is 19.4 Å². The molecule has 0 bridgehead atoms. The van der Waals surface area contributed by atoms with Gasteiger partial charge in [-0.05, 0) is 23.1 Å². The summed E-state index contributed by atoms with van der Waals surface area (Å²) in [7, 11) is 1.65. The van der Waals surface area contributed by atoms with Crippen molar-refractivity contribution in [2.45, 2.75) is 32.2 Å². The topological polar surface area (TPSA) is 77.8 Å². The summed E-state index contributed by atoms with van der Waals surface area (Å²) in [5.74, 6) is -0.382. The molecule has 1 aromatic heterocycles. The first-order valence-electron chi connectivity index (χ1n) is 9.22. The molecule has 1 aromatic carbocycles. The number of pyridine rings is 1. The van der Waals surface area contributed by atoms with Crippen molar-refractivity contribution in [3.63, 3.8) is 0 Å². The van der Waals surface area contributed by atoms with Gasteiger partial charge in [0.15, 0.2) is 5.43 Å². The first-order valence-corrected chi connectivity index (χ1v) is 9.60. The molecule has 4 rings (SSSR count). The average molecular weight is 404 g/mol. The molecule has 0 amide bonds. The first kappa shape index (κ1) is 19.0. The summed E-state index contributed by atoms with van der Waals surface area (Å²) in [6.07, 6.45) is 2.23. The van der Waals surface area contributed by atoms with Crippen molar-refractivity contribution in [2.24, 2.45) is 5.41 Å². The lowest BCUT2D eigenvalue weighted by Crippen LogP contribution is -2.20. The van der Waals surface area contributed by atoms with Gasteiger partial charge >= 0.3 is 5.97 Å². The summed E-state index contributed by atoms with van der Waals surface area (Å²) in [4.78, 5) is 23.7. The normalized spacial score (nSPS) is 20.7. The Morgan fingerprint density at radius 1 is 1.29 bits per heavy atom. The summed E-state index contributed by atoms with van der Waals surface area (Å²) in [6.45, 7) is 5.41. The van der Waals surface area contributed by atoms with Crippen LogP contribution in [0.4, 0.5) is 0 Å². The molecule has 7 heteroatoms. The quantitative estimate of drug-likeness (QED) is 0.738. The highest BCUT2D eigenvalue weighted by molar-refractivity contribution is 6.32. The Labute approximate surface area is 167 Å². The van der Waals surface area contributed by atoms with Gasteiger partial charge < -0.3 is 19.1 Å². The molecule has 1 fully saturated rings. The van der Waals surface area contributed by atoms with Crippen molar-refractivity contribution in [3.8, 4) is 17.0 Å². The largest absolute Gasteiger partial charge is 0.492 e. The molecule has 2 atom stereocenters. The molecule has 6 nitrogen and oxygen atoms in total. The van der Waals surface area contributed by atoms with E-state index in [1.165, 1.54) is 12.3 Å². The lowest BCUT2D eigenvalue weighted by molar-refractivity contribution is 0.0694. The Bertz CT molecular complexity index is 1030. The third kappa shape index (κ3) is 2.83. The van der Waals surface area contributed by atoms with E-state index in [0.717, 1.165) is 17.5 Å². The summed E-state index contributed by atoms with van der Waals surface area (Å²) in [5, 5.41) is 9.80. The summed E-state index contributed by atoms with van der Waals surface area (Å²) in [5.41, 5.74) is 1.87. The second-order valence-corrected chi connectivity index (χ2v) is 8.36. The monoisotopic (exact) mass is 403 g/mol. The maximum atomic E-state index is 12.3. The van der Waals surface area contributed by atoms with Crippen LogP contribution in [-0.2, 0) is 4.74 Å². The molecule has 0 radical (unpaired) electrons. The molecule has 2 aromatic rings. The number of fused-ring (bicyclic) bond motifs is 6. The Morgan fingerprint density at radius 3 is 2.71 bits per heavy atom. The van der Waals surface area contributed by atoms with Gasteiger partial charge in [-0.1, -0.05) is 25.4 Å². The highest BCUT2D eigenvalue weighted by Gasteiger charge is 2.62. The number of hydrogen-bond acceptors (Lipinski definition) is 4. The molecule has 1 N–H and O–H groups in total. The zero-order valence-electron chi connectivity index (χ0n) is 16.0. The molecule has 28 heavy (non-hydrogen) atoms. The molecule has 1 aliphatic heterocycles. The minimum Gasteiger partial charge on any atom is -0.492 e. The van der Waals surface area contributed by atoms with E-state index in [1.807, 2.05) is 16.7 Å². The van der Waals surface area contributed by atoms with Crippen LogP contribution in [0.5, 0.6) is 5.75 Å². The van der Waals surface area contributed by atoms with Crippen LogP contribution in [0, 0.1) is 5.41 Å². The molecular weight excluding hydrogens is 382 g/mol. The number of benzene rings is 1. The van der Waals surface area contributed by atoms with Crippen molar-refractivity contribution in [2.75, 3.05) is 20.3 Å². The number of nitrogens with zero attached hydrogens (tertiary/aromatic N) is 1. The second-order valence-electron chi connectivity index (χ2n) is 7.96. The van der Waals surface area contributed by atoms with E-state index in [9.17, 15) is 14.7 Å². The Balaban J connectivity index is 1.81. The number of aromatic nitrogens is 1. The van der Waals surface area contributed by atoms with Crippen molar-refractivity contribution in [3.05, 3.63) is 50.8 Å². The summed E-state index contributed by atoms with van der Waals surface area (Å²) in [6, 6.07) is 5.29. The molecule has 0 spiro atoms. The molecule has 0 saturated heterocycles. The van der Waals surface area contributed by atoms with Crippen LogP contribution in [0.25, 0.3) is 11.3 Å². The van der Waals surface area contributed by atoms with Gasteiger partial charge in [-0.15, -0.1) is 0 Å². The van der Waals surface area contributed by atoms with Gasteiger partial charge in [0.25, 0.3) is 0 Å². The standard InChI is InChI=1S/C21H22ClNO5/c1-21(2)18-12-8-17(28-6-4-5-27-3)14(22)7-11(12)15-9-16(24)13(20(25)26)10-23(15)19(18)21/h7-10,18-19H,4-6H2,1-3H3,(H,25,26). The van der Waals surface area contributed by atoms with Gasteiger partial charge in [-0.3, -0.25) is 4.79 Å². The predicted molar refractivity (Wildman–Crippen MR) is 106 cm³/mol. The lowest BCUT2D eigenvalue weighted by atomic mass is 9.94. The molecule has 2 unspecified atom stereocenters. The van der Waals surface area contributed by atoms with Crippen LogP contribution in [0.3, 0.4) is 0 Å². The Hall–Kier alpha value is -2.31. The summed E-state index contributed by atoms with van der Waals surface area (Å²) >= 11 is 6.46. The molecule has 2 aliphatic rings. The van der Waals surface area contributed by atoms with Crippen LogP contribution >= 0.6 is 11.6 Å². The fourth-order valence-electron chi connectivity index (χ4n) is 4.40. The fraction of sp³-hybridized carbons (Fsp3) is 0.429. The van der Waals surface area contributed by atoms with Gasteiger partial charge in [0.2, 0.25) is 0 Å². The van der Waals surface area contributed by atoms with Crippen LogP contribution < -0.4 is 10.2 Å². The minimum absolute atomic E-state index is 0.0635. The van der Waals surface area contributed by atoms with E-state index in [-0.39, 0.29) is 22.9 Å². The molecular formula is C21H22ClNO5. The van der Waals surface area contributed by atoms with E-state index in [0.29, 0.717) is 29.7 Å². The SMILES string of the molecule is COCCCOc1cc2c(cc1Cl)-c1cc(=O)c(C(=O)O)cn1C1C2C1(C)C. The zero-order chi connectivity index (χ0) is 20.2. The molecule has 148 valence electrons. The number of carbonyl (C=O) groups is 1. The maximum Gasteiger partial charge on any atom is 0.341 e. The molecule has 1 saturated carbocycles. The number of hydrogen-bond donors (Lipinski definition) is 1. The third-order valence-corrected chi connectivity index (χ3v) is 6.14. The van der Waals surface area contributed by atoms with Gasteiger partial charge in [0.1, 0.15) is 11.3 Å². The maximum absolute atomic E-state index is 12.3. The number of carboxylic acid groups (broad SMARTS) is 1. The predicted octanol–water partition coefficient (Wildman–Crippen LogP) is 3.96. The number of ether oxygens (including phenoxy) is 2. The summed E-state index contributed by atoms with van der Waals surface area (Å²) < 4.78 is 12.8. The van der Waals surface area contributed by atoms with Gasteiger partial charge in [-0.2, -0.15) is 0 Å². The average Bonchev–Trinajstić information content (AvgIpc) is 3.21. The smallest absolute Gasteiger partial charge is 0.341 e. The van der Waals surface area contributed by atoms with Gasteiger partial charge in [0.05, 0.1) is 17.3 Å². The van der Waals surface area contributed by atoms with E-state index in [1.54, 1.807) is 7.11 Å². The fourth-order valence-corrected chi connectivity index (χ4v) is 4.62. The van der Waals surface area contributed by atoms with Crippen LogP contribution in [-0.4, -0.2) is 36.0 Å². The molecule has 1 aliphatic carbocycles. The zero-order valence-corrected chi connectivity index (χ0v) is 16.7. The van der Waals surface area contributed by atoms with Crippen molar-refractivity contribution in [1.29, 1.82) is 0 Å². The number of methoxy groups -OCH3 is 1. The van der Waals surface area contributed by atoms with E-state index in [2.05, 4.69) is 13.8 Å². The lowest BCUT2D eigenvalue weighted by Gasteiger charge is -2.23. The number of halogens is 1. The van der Waals surface area contributed by atoms with Gasteiger partial charge in [-0.25, -0.2) is 4.79 Å². The Kier molecular flexibility index (Phi) is 4.51. The van der Waals surface area contributed by atoms with Crippen LogP contribution in [0.15, 0.2) is 29.2 Å². The number of aromatic carboxylic acids is 1. The van der Waals surface area contributed by atoms with E-state index >= 15 is 0 Å². The van der Waals surface area contributed by atoms with Gasteiger partial charge in [0, 0.05) is 49.9 Å². The van der Waals surface area contributed by atoms with E-state index < -0.39 is 11.4 Å². The Morgan fingerprint density at radius 2 is 2.04 bits per heavy atom. The highest BCUT2D eigenvalue weighted by atomic mass is 35.5. The van der Waals surface area contributed by atoms with Crippen molar-refractivity contribution >= 4 is 17.6 Å². The van der Waals surface area contributed by atoms with E-state index in [4.69, 9.17) is 21.1 Å². The first-order chi connectivity index (χ1) is 13.3. The van der Waals surface area contributed by atoms with Crippen molar-refractivity contribution in [1.82, 2.24) is 4.57 Å². The third-order valence-electron chi connectivity index (χ3n) is 5.85. The number of rotatable bonds is 6. The number of carboxylic acids is 1. The second kappa shape index (κ2) is 6.64. The minimum atomic E-state index is -1.21. The molecule has 2 heterocycles.